The minimum atomic E-state index is -3.53. The molecular weight excluding hydrogens is 462 g/mol. The minimum Gasteiger partial charge on any atom is -0.355 e. The second-order valence-electron chi connectivity index (χ2n) is 9.06. The first-order chi connectivity index (χ1) is 16.5. The lowest BCUT2D eigenvalue weighted by atomic mass is 10.1. The van der Waals surface area contributed by atoms with Crippen molar-refractivity contribution in [1.29, 1.82) is 0 Å². The van der Waals surface area contributed by atoms with Gasteiger partial charge in [-0.1, -0.05) is 48.9 Å². The molecule has 0 spiro atoms. The van der Waals surface area contributed by atoms with E-state index in [9.17, 15) is 18.0 Å². The van der Waals surface area contributed by atoms with Crippen molar-refractivity contribution in [3.63, 3.8) is 0 Å². The highest BCUT2D eigenvalue weighted by molar-refractivity contribution is 7.92. The summed E-state index contributed by atoms with van der Waals surface area (Å²) in [4.78, 5) is 27.8. The van der Waals surface area contributed by atoms with E-state index >= 15 is 0 Å². The Morgan fingerprint density at radius 2 is 1.69 bits per heavy atom. The van der Waals surface area contributed by atoms with Crippen LogP contribution < -0.4 is 9.62 Å². The summed E-state index contributed by atoms with van der Waals surface area (Å²) in [6.07, 6.45) is 2.15. The lowest BCUT2D eigenvalue weighted by Gasteiger charge is -2.31. The average Bonchev–Trinajstić information content (AvgIpc) is 2.77. The Kier molecular flexibility index (Phi) is 10.3. The fraction of sp³-hybridized carbons (Fsp3) is 0.481. The van der Waals surface area contributed by atoms with E-state index in [1.165, 1.54) is 10.6 Å². The number of nitrogens with one attached hydrogen (secondary N) is 1. The number of benzene rings is 2. The van der Waals surface area contributed by atoms with Gasteiger partial charge in [0.15, 0.2) is 0 Å². The predicted octanol–water partition coefficient (Wildman–Crippen LogP) is 4.10. The van der Waals surface area contributed by atoms with Crippen molar-refractivity contribution in [1.82, 2.24) is 10.2 Å². The summed E-state index contributed by atoms with van der Waals surface area (Å²) in [7, 11) is -3.53. The highest BCUT2D eigenvalue weighted by Gasteiger charge is 2.28. The zero-order valence-electron chi connectivity index (χ0n) is 21.8. The third-order valence-corrected chi connectivity index (χ3v) is 7.14. The van der Waals surface area contributed by atoms with Crippen molar-refractivity contribution >= 4 is 27.5 Å². The topological polar surface area (TPSA) is 86.8 Å². The number of carbonyl (C=O) groups is 2. The molecule has 35 heavy (non-hydrogen) atoms. The van der Waals surface area contributed by atoms with Crippen molar-refractivity contribution in [2.75, 3.05) is 23.7 Å². The molecule has 0 unspecified atom stereocenters. The molecule has 0 aliphatic rings. The zero-order valence-corrected chi connectivity index (χ0v) is 22.6. The van der Waals surface area contributed by atoms with E-state index < -0.39 is 16.1 Å². The Morgan fingerprint density at radius 1 is 1.00 bits per heavy atom. The van der Waals surface area contributed by atoms with Crippen LogP contribution in [0.5, 0.6) is 0 Å². The van der Waals surface area contributed by atoms with E-state index in [1.807, 2.05) is 77.1 Å². The number of hydrogen-bond donors (Lipinski definition) is 1. The normalized spacial score (nSPS) is 12.2. The van der Waals surface area contributed by atoms with E-state index in [1.54, 1.807) is 4.90 Å². The molecule has 2 amide bonds. The number of sulfonamides is 1. The van der Waals surface area contributed by atoms with E-state index in [0.717, 1.165) is 22.3 Å². The quantitative estimate of drug-likeness (QED) is 0.474. The summed E-state index contributed by atoms with van der Waals surface area (Å²) >= 11 is 0. The van der Waals surface area contributed by atoms with Crippen LogP contribution in [-0.2, 0) is 26.2 Å². The van der Waals surface area contributed by atoms with Crippen molar-refractivity contribution in [3.8, 4) is 0 Å². The van der Waals surface area contributed by atoms with E-state index in [0.29, 0.717) is 31.6 Å². The predicted molar refractivity (Wildman–Crippen MR) is 142 cm³/mol. The fourth-order valence-corrected chi connectivity index (χ4v) is 5.20. The maximum absolute atomic E-state index is 13.4. The van der Waals surface area contributed by atoms with Crippen molar-refractivity contribution in [2.45, 2.75) is 66.5 Å². The summed E-state index contributed by atoms with van der Waals surface area (Å²) in [5, 5.41) is 2.84. The molecule has 2 aromatic rings. The van der Waals surface area contributed by atoms with Gasteiger partial charge in [0.05, 0.1) is 11.9 Å². The van der Waals surface area contributed by atoms with E-state index in [2.05, 4.69) is 5.32 Å². The van der Waals surface area contributed by atoms with Crippen LogP contribution in [0.4, 0.5) is 5.69 Å². The maximum Gasteiger partial charge on any atom is 0.242 e. The monoisotopic (exact) mass is 501 g/mol. The standard InChI is InChI=1S/C27H39N3O4S/c1-7-24(27(32)28-8-2)29(19-23-12-9-11-20(3)17-23)26(31)13-10-16-30(35(6,33)34)25-18-21(4)14-15-22(25)5/h9,11-12,14-15,17-18,24H,7-8,10,13,16,19H2,1-6H3,(H,28,32)/t24-/m1/s1. The van der Waals surface area contributed by atoms with Crippen molar-refractivity contribution in [3.05, 3.63) is 64.7 Å². The number of amides is 2. The number of carbonyl (C=O) groups excluding carboxylic acids is 2. The molecule has 0 saturated heterocycles. The van der Waals surface area contributed by atoms with Crippen LogP contribution in [0.3, 0.4) is 0 Å². The molecule has 0 heterocycles. The summed E-state index contributed by atoms with van der Waals surface area (Å²) in [5.41, 5.74) is 4.49. The molecule has 192 valence electrons. The van der Waals surface area contributed by atoms with Gasteiger partial charge in [-0.25, -0.2) is 8.42 Å². The first-order valence-corrected chi connectivity index (χ1v) is 14.0. The minimum absolute atomic E-state index is 0.138. The summed E-state index contributed by atoms with van der Waals surface area (Å²) in [6.45, 7) is 10.5. The van der Waals surface area contributed by atoms with Gasteiger partial charge in [-0.3, -0.25) is 13.9 Å². The Hall–Kier alpha value is -2.87. The average molecular weight is 502 g/mol. The molecule has 7 nitrogen and oxygen atoms in total. The first-order valence-electron chi connectivity index (χ1n) is 12.2. The molecule has 0 aliphatic heterocycles. The SMILES string of the molecule is CCNC(=O)[C@@H](CC)N(Cc1cccc(C)c1)C(=O)CCCN(c1cc(C)ccc1C)S(C)(=O)=O. The summed E-state index contributed by atoms with van der Waals surface area (Å²) in [5.74, 6) is -0.344. The van der Waals surface area contributed by atoms with Crippen LogP contribution in [-0.4, -0.2) is 50.5 Å². The van der Waals surface area contributed by atoms with Crippen LogP contribution in [0.1, 0.15) is 55.4 Å². The van der Waals surface area contributed by atoms with Gasteiger partial charge in [0.1, 0.15) is 6.04 Å². The molecule has 8 heteroatoms. The Bertz CT molecular complexity index is 1130. The van der Waals surface area contributed by atoms with Gasteiger partial charge in [-0.2, -0.15) is 0 Å². The molecular formula is C27H39N3O4S. The van der Waals surface area contributed by atoms with Crippen LogP contribution in [0.15, 0.2) is 42.5 Å². The lowest BCUT2D eigenvalue weighted by Crippen LogP contribution is -2.49. The molecule has 0 fully saturated rings. The highest BCUT2D eigenvalue weighted by atomic mass is 32.2. The number of aryl methyl sites for hydroxylation is 3. The van der Waals surface area contributed by atoms with Gasteiger partial charge in [0, 0.05) is 26.1 Å². The summed E-state index contributed by atoms with van der Waals surface area (Å²) in [6, 6.07) is 13.0. The molecule has 1 atom stereocenters. The Labute approximate surface area is 210 Å². The lowest BCUT2D eigenvalue weighted by molar-refractivity contribution is -0.141. The smallest absolute Gasteiger partial charge is 0.242 e. The molecule has 0 radical (unpaired) electrons. The van der Waals surface area contributed by atoms with Gasteiger partial charge in [0.25, 0.3) is 0 Å². The van der Waals surface area contributed by atoms with Gasteiger partial charge in [-0.15, -0.1) is 0 Å². The van der Waals surface area contributed by atoms with Crippen LogP contribution in [0.2, 0.25) is 0 Å². The zero-order chi connectivity index (χ0) is 26.2. The van der Waals surface area contributed by atoms with Gasteiger partial charge < -0.3 is 10.2 Å². The second-order valence-corrected chi connectivity index (χ2v) is 11.0. The van der Waals surface area contributed by atoms with Crippen molar-refractivity contribution < 1.29 is 18.0 Å². The van der Waals surface area contributed by atoms with Crippen molar-refractivity contribution in [2.24, 2.45) is 0 Å². The molecule has 0 aliphatic carbocycles. The number of likely N-dealkylation sites (N-methyl/N-ethyl adjacent to an activating group) is 1. The largest absolute Gasteiger partial charge is 0.355 e. The molecule has 2 rings (SSSR count). The Balaban J connectivity index is 2.24. The highest BCUT2D eigenvalue weighted by Crippen LogP contribution is 2.25. The molecule has 0 bridgehead atoms. The third-order valence-electron chi connectivity index (χ3n) is 5.96. The molecule has 0 saturated carbocycles. The molecule has 1 N–H and O–H groups in total. The van der Waals surface area contributed by atoms with Gasteiger partial charge in [-0.05, 0) is 63.3 Å². The number of anilines is 1. The molecule has 0 aromatic heterocycles. The number of nitrogens with zero attached hydrogens (tertiary/aromatic N) is 2. The van der Waals surface area contributed by atoms with Gasteiger partial charge in [0.2, 0.25) is 21.8 Å². The van der Waals surface area contributed by atoms with Crippen LogP contribution in [0, 0.1) is 20.8 Å². The van der Waals surface area contributed by atoms with Crippen LogP contribution in [0.25, 0.3) is 0 Å². The molecule has 2 aromatic carbocycles. The number of rotatable bonds is 12. The van der Waals surface area contributed by atoms with Gasteiger partial charge >= 0.3 is 0 Å². The number of hydrogen-bond acceptors (Lipinski definition) is 4. The maximum atomic E-state index is 13.4. The third kappa shape index (κ3) is 8.09. The summed E-state index contributed by atoms with van der Waals surface area (Å²) < 4.78 is 26.5. The van der Waals surface area contributed by atoms with Crippen LogP contribution >= 0.6 is 0 Å². The first kappa shape index (κ1) is 28.4. The Morgan fingerprint density at radius 3 is 2.29 bits per heavy atom. The second kappa shape index (κ2) is 12.7. The van der Waals surface area contributed by atoms with E-state index in [-0.39, 0.29) is 24.8 Å². The van der Waals surface area contributed by atoms with E-state index in [4.69, 9.17) is 0 Å². The fourth-order valence-electron chi connectivity index (χ4n) is 4.19.